The van der Waals surface area contributed by atoms with Crippen molar-refractivity contribution in [1.82, 2.24) is 0 Å². The van der Waals surface area contributed by atoms with Gasteiger partial charge in [-0.2, -0.15) is 5.53 Å². The molecular formula is C6H7F6N2P. The van der Waals surface area contributed by atoms with Crippen LogP contribution in [0.15, 0.2) is 35.4 Å². The molecular weight excluding hydrogens is 245 g/mol. The van der Waals surface area contributed by atoms with Crippen LogP contribution in [-0.2, 0) is 0 Å². The van der Waals surface area contributed by atoms with Crippen LogP contribution in [0.3, 0.4) is 0 Å². The van der Waals surface area contributed by atoms with Crippen molar-refractivity contribution >= 4 is 13.5 Å². The maximum atomic E-state index is 9.87. The Morgan fingerprint density at radius 2 is 1.20 bits per heavy atom. The Labute approximate surface area is 80.7 Å². The zero-order valence-electron chi connectivity index (χ0n) is 7.13. The van der Waals surface area contributed by atoms with Crippen molar-refractivity contribution in [2.45, 2.75) is 0 Å². The van der Waals surface area contributed by atoms with Gasteiger partial charge in [-0.3, -0.25) is 0 Å². The molecule has 1 rings (SSSR count). The number of benzene rings is 1. The molecule has 0 aromatic heterocycles. The van der Waals surface area contributed by atoms with Crippen LogP contribution in [0.4, 0.5) is 30.9 Å². The Bertz CT molecular complexity index is 319. The second kappa shape index (κ2) is 3.44. The normalized spacial score (nSPS) is 15.3. The van der Waals surface area contributed by atoms with Gasteiger partial charge in [0.25, 0.3) is 0 Å². The zero-order valence-corrected chi connectivity index (χ0v) is 8.02. The summed E-state index contributed by atoms with van der Waals surface area (Å²) in [7, 11) is -10.7. The summed E-state index contributed by atoms with van der Waals surface area (Å²) in [6.45, 7) is 0. The van der Waals surface area contributed by atoms with E-state index in [0.717, 1.165) is 5.69 Å². The Hall–Kier alpha value is -1.17. The van der Waals surface area contributed by atoms with Gasteiger partial charge in [-0.1, -0.05) is 18.2 Å². The van der Waals surface area contributed by atoms with Crippen LogP contribution in [0.25, 0.3) is 0 Å². The van der Waals surface area contributed by atoms with E-state index in [2.05, 4.69) is 5.11 Å². The summed E-state index contributed by atoms with van der Waals surface area (Å²) in [5.74, 6) is 0. The molecule has 0 spiro atoms. The second-order valence-electron chi connectivity index (χ2n) is 2.42. The van der Waals surface area contributed by atoms with E-state index in [4.69, 9.17) is 5.53 Å². The van der Waals surface area contributed by atoms with E-state index < -0.39 is 7.81 Å². The van der Waals surface area contributed by atoms with Crippen LogP contribution >= 0.6 is 7.81 Å². The Morgan fingerprint density at radius 1 is 0.867 bits per heavy atom. The van der Waals surface area contributed by atoms with E-state index in [9.17, 15) is 25.2 Å². The smallest absolute Gasteiger partial charge is 0.129 e. The minimum Gasteiger partial charge on any atom is -0.152 e. The molecule has 0 aliphatic carbocycles. The number of rotatable bonds is 1. The summed E-state index contributed by atoms with van der Waals surface area (Å²) in [4.78, 5) is 0. The van der Waals surface area contributed by atoms with Crippen molar-refractivity contribution in [2.24, 2.45) is 5.11 Å². The molecule has 0 bridgehead atoms. The predicted molar refractivity (Wildman–Crippen MR) is 44.0 cm³/mol. The van der Waals surface area contributed by atoms with Crippen molar-refractivity contribution in [3.63, 3.8) is 0 Å². The molecule has 0 aliphatic heterocycles. The van der Waals surface area contributed by atoms with Gasteiger partial charge in [0.15, 0.2) is 0 Å². The molecule has 88 valence electrons. The first-order valence-electron chi connectivity index (χ1n) is 3.41. The number of nitrogens with zero attached hydrogens (tertiary/aromatic N) is 1. The van der Waals surface area contributed by atoms with Gasteiger partial charge >= 0.3 is 33.0 Å². The third-order valence-electron chi connectivity index (χ3n) is 0.905. The molecule has 0 saturated heterocycles. The van der Waals surface area contributed by atoms with Crippen molar-refractivity contribution in [1.29, 1.82) is 0 Å². The minimum atomic E-state index is -10.7. The van der Waals surface area contributed by atoms with Crippen LogP contribution in [-0.4, -0.2) is 0 Å². The van der Waals surface area contributed by atoms with Crippen molar-refractivity contribution in [2.75, 3.05) is 0 Å². The number of hydrogen-bond acceptors (Lipinski definition) is 1. The predicted octanol–water partition coefficient (Wildman–Crippen LogP) is 3.91. The van der Waals surface area contributed by atoms with Gasteiger partial charge in [0.05, 0.1) is 0 Å². The SMILES string of the molecule is F[P-](F)(F)(F)(F)F.[NH2+]=Nc1ccccc1. The van der Waals surface area contributed by atoms with Crippen LogP contribution in [0, 0.1) is 0 Å². The van der Waals surface area contributed by atoms with Gasteiger partial charge in [-0.25, -0.2) is 0 Å². The third-order valence-corrected chi connectivity index (χ3v) is 0.905. The van der Waals surface area contributed by atoms with E-state index >= 15 is 0 Å². The van der Waals surface area contributed by atoms with Crippen LogP contribution in [0.2, 0.25) is 0 Å². The average Bonchev–Trinajstić information content (AvgIpc) is 2.00. The second-order valence-corrected chi connectivity index (χ2v) is 4.34. The van der Waals surface area contributed by atoms with Gasteiger partial charge in [-0.15, -0.1) is 0 Å². The van der Waals surface area contributed by atoms with Gasteiger partial charge in [0.2, 0.25) is 0 Å². The minimum absolute atomic E-state index is 0.813. The number of halogens is 6. The summed E-state index contributed by atoms with van der Waals surface area (Å²) < 4.78 is 59.2. The van der Waals surface area contributed by atoms with Gasteiger partial charge in [0, 0.05) is 0 Å². The van der Waals surface area contributed by atoms with Crippen molar-refractivity contribution in [3.05, 3.63) is 30.3 Å². The molecule has 1 aromatic rings. The van der Waals surface area contributed by atoms with E-state index in [1.54, 1.807) is 0 Å². The average molecular weight is 252 g/mol. The summed E-state index contributed by atoms with van der Waals surface area (Å²) in [6, 6.07) is 9.41. The summed E-state index contributed by atoms with van der Waals surface area (Å²) in [6.07, 6.45) is 0. The molecule has 9 heteroatoms. The molecule has 0 heterocycles. The summed E-state index contributed by atoms with van der Waals surface area (Å²) in [5.41, 5.74) is 5.79. The fraction of sp³-hybridized carbons (Fsp3) is 0. The summed E-state index contributed by atoms with van der Waals surface area (Å²) >= 11 is 0. The standard InChI is InChI=1S/C6H6N2.F6P/c7-8-6-4-2-1-3-5-6;1-7(2,3,4,5)6/h1-5,7H;/q;-1/p+1. The Balaban J connectivity index is 0.000000265. The molecule has 1 aromatic carbocycles. The molecule has 2 nitrogen and oxygen atoms in total. The van der Waals surface area contributed by atoms with Crippen molar-refractivity contribution < 1.29 is 30.7 Å². The number of hydrogen-bond donors (Lipinski definition) is 1. The maximum absolute atomic E-state index is 10.7. The topological polar surface area (TPSA) is 38.0 Å². The van der Waals surface area contributed by atoms with Gasteiger partial charge < -0.3 is 0 Å². The fourth-order valence-corrected chi connectivity index (χ4v) is 0.514. The summed E-state index contributed by atoms with van der Waals surface area (Å²) in [5, 5.41) is 3.47. The Morgan fingerprint density at radius 3 is 1.40 bits per heavy atom. The Kier molecular flexibility index (Phi) is 3.18. The monoisotopic (exact) mass is 252 g/mol. The molecule has 0 amide bonds. The first-order chi connectivity index (χ1) is 6.38. The molecule has 0 atom stereocenters. The number of nitrogens with two attached hydrogens (primary N) is 1. The molecule has 0 radical (unpaired) electrons. The van der Waals surface area contributed by atoms with E-state index in [1.807, 2.05) is 30.3 Å². The molecule has 0 unspecified atom stereocenters. The van der Waals surface area contributed by atoms with Crippen molar-refractivity contribution in [3.8, 4) is 0 Å². The van der Waals surface area contributed by atoms with E-state index in [-0.39, 0.29) is 0 Å². The first-order valence-corrected chi connectivity index (χ1v) is 5.44. The van der Waals surface area contributed by atoms with Gasteiger partial charge in [0.1, 0.15) is 5.69 Å². The molecule has 0 aliphatic rings. The quantitative estimate of drug-likeness (QED) is 0.447. The van der Waals surface area contributed by atoms with E-state index in [1.165, 1.54) is 0 Å². The molecule has 0 fully saturated rings. The van der Waals surface area contributed by atoms with E-state index in [0.29, 0.717) is 0 Å². The van der Waals surface area contributed by atoms with Crippen LogP contribution in [0.1, 0.15) is 0 Å². The maximum Gasteiger partial charge on any atom is 0.129 e. The molecule has 0 saturated carbocycles. The zero-order chi connectivity index (χ0) is 12.2. The first kappa shape index (κ1) is 13.8. The fourth-order valence-electron chi connectivity index (χ4n) is 0.514. The largest absolute Gasteiger partial charge is 0.152 e. The molecule has 2 N–H and O–H groups in total. The van der Waals surface area contributed by atoms with Crippen LogP contribution < -0.4 is 5.53 Å². The van der Waals surface area contributed by atoms with Crippen LogP contribution in [0.5, 0.6) is 0 Å². The third kappa shape index (κ3) is 19.3. The van der Waals surface area contributed by atoms with Gasteiger partial charge in [-0.05, 0) is 17.2 Å². The molecule has 15 heavy (non-hydrogen) atoms.